The number of carbonyl (C=O) groups is 2. The maximum absolute atomic E-state index is 13.8. The van der Waals surface area contributed by atoms with Crippen molar-refractivity contribution < 1.29 is 23.6 Å². The topological polar surface area (TPSA) is 66.8 Å². The molecule has 1 fully saturated rings. The van der Waals surface area contributed by atoms with Gasteiger partial charge in [0.25, 0.3) is 5.91 Å². The van der Waals surface area contributed by atoms with Crippen LogP contribution in [0.5, 0.6) is 5.75 Å². The van der Waals surface area contributed by atoms with Crippen molar-refractivity contribution >= 4 is 11.7 Å². The Balaban J connectivity index is 1.56. The predicted molar refractivity (Wildman–Crippen MR) is 94.1 cm³/mol. The van der Waals surface area contributed by atoms with Gasteiger partial charge in [-0.2, -0.15) is 0 Å². The Kier molecular flexibility index (Phi) is 5.37. The number of ketones is 1. The second-order valence-electron chi connectivity index (χ2n) is 6.55. The summed E-state index contributed by atoms with van der Waals surface area (Å²) < 4.78 is 18.7. The van der Waals surface area contributed by atoms with E-state index < -0.39 is 0 Å². The lowest BCUT2D eigenvalue weighted by Gasteiger charge is -2.32. The maximum atomic E-state index is 13.8. The third-order valence-corrected chi connectivity index (χ3v) is 4.75. The molecule has 0 aliphatic carbocycles. The molecule has 1 amide bonds. The molecule has 3 rings (SSSR count). The molecule has 1 aromatic heterocycles. The van der Waals surface area contributed by atoms with E-state index in [9.17, 15) is 14.0 Å². The van der Waals surface area contributed by atoms with Gasteiger partial charge in [-0.1, -0.05) is 0 Å². The number of nitrogens with one attached hydrogen (secondary N) is 2. The molecular formula is C19H23FN3O3+. The molecule has 0 unspecified atom stereocenters. The number of carbonyl (C=O) groups excluding carboxylic acids is 2. The van der Waals surface area contributed by atoms with Gasteiger partial charge in [-0.25, -0.2) is 4.39 Å². The first kappa shape index (κ1) is 18.1. The van der Waals surface area contributed by atoms with E-state index in [-0.39, 0.29) is 23.3 Å². The van der Waals surface area contributed by atoms with Crippen LogP contribution in [-0.4, -0.2) is 54.9 Å². The van der Waals surface area contributed by atoms with E-state index in [0.29, 0.717) is 30.9 Å². The van der Waals surface area contributed by atoms with E-state index in [2.05, 4.69) is 4.98 Å². The SMILES string of the molecule is COc1ccc(C[NH+]2CCN(C(=O)c3cc(C(C)=O)c[nH]3)CC2)cc1F. The molecule has 0 spiro atoms. The van der Waals surface area contributed by atoms with Crippen LogP contribution in [0.2, 0.25) is 0 Å². The van der Waals surface area contributed by atoms with Crippen LogP contribution in [0.1, 0.15) is 33.3 Å². The van der Waals surface area contributed by atoms with Crippen molar-refractivity contribution in [2.24, 2.45) is 0 Å². The number of aromatic amines is 1. The summed E-state index contributed by atoms with van der Waals surface area (Å²) in [7, 11) is 1.45. The van der Waals surface area contributed by atoms with E-state index in [1.165, 1.54) is 25.0 Å². The highest BCUT2D eigenvalue weighted by Gasteiger charge is 2.25. The van der Waals surface area contributed by atoms with Gasteiger partial charge in [0.15, 0.2) is 17.3 Å². The molecule has 2 aromatic rings. The van der Waals surface area contributed by atoms with Crippen molar-refractivity contribution in [3.05, 3.63) is 53.1 Å². The molecular weight excluding hydrogens is 337 g/mol. The number of rotatable bonds is 5. The largest absolute Gasteiger partial charge is 0.494 e. The van der Waals surface area contributed by atoms with Crippen LogP contribution in [0.3, 0.4) is 0 Å². The number of aromatic nitrogens is 1. The molecule has 0 bridgehead atoms. The van der Waals surface area contributed by atoms with Gasteiger partial charge >= 0.3 is 0 Å². The van der Waals surface area contributed by atoms with Gasteiger partial charge in [0.1, 0.15) is 12.2 Å². The van der Waals surface area contributed by atoms with Gasteiger partial charge < -0.3 is 19.5 Å². The van der Waals surface area contributed by atoms with Crippen LogP contribution >= 0.6 is 0 Å². The molecule has 7 heteroatoms. The zero-order valence-electron chi connectivity index (χ0n) is 15.0. The highest BCUT2D eigenvalue weighted by molar-refractivity contribution is 5.99. The number of methoxy groups -OCH3 is 1. The fraction of sp³-hybridized carbons (Fsp3) is 0.368. The lowest BCUT2D eigenvalue weighted by Crippen LogP contribution is -3.13. The summed E-state index contributed by atoms with van der Waals surface area (Å²) in [6.45, 7) is 5.02. The van der Waals surface area contributed by atoms with Crippen molar-refractivity contribution in [2.75, 3.05) is 33.3 Å². The second kappa shape index (κ2) is 7.70. The fourth-order valence-electron chi connectivity index (χ4n) is 3.20. The number of quaternary nitrogens is 1. The van der Waals surface area contributed by atoms with Crippen LogP contribution < -0.4 is 9.64 Å². The van der Waals surface area contributed by atoms with Gasteiger partial charge in [-0.3, -0.25) is 9.59 Å². The van der Waals surface area contributed by atoms with Crippen molar-refractivity contribution in [3.8, 4) is 5.75 Å². The van der Waals surface area contributed by atoms with Crippen molar-refractivity contribution in [1.29, 1.82) is 0 Å². The van der Waals surface area contributed by atoms with E-state index in [0.717, 1.165) is 18.7 Å². The molecule has 6 nitrogen and oxygen atoms in total. The highest BCUT2D eigenvalue weighted by atomic mass is 19.1. The average Bonchev–Trinajstić information content (AvgIpc) is 3.12. The van der Waals surface area contributed by atoms with Gasteiger partial charge in [-0.05, 0) is 31.2 Å². The Bertz CT molecular complexity index is 810. The van der Waals surface area contributed by atoms with Crippen LogP contribution in [0.25, 0.3) is 0 Å². The minimum absolute atomic E-state index is 0.0683. The number of nitrogens with zero attached hydrogens (tertiary/aromatic N) is 1. The van der Waals surface area contributed by atoms with E-state index in [1.807, 2.05) is 6.07 Å². The zero-order chi connectivity index (χ0) is 18.7. The summed E-state index contributed by atoms with van der Waals surface area (Å²) in [6, 6.07) is 6.62. The number of Topliss-reactive ketones (excluding diaryl/α,β-unsaturated/α-hetero) is 1. The Morgan fingerprint density at radius 1 is 1.27 bits per heavy atom. The van der Waals surface area contributed by atoms with Crippen LogP contribution in [0, 0.1) is 5.82 Å². The number of hydrogen-bond acceptors (Lipinski definition) is 3. The molecule has 1 aliphatic rings. The molecule has 2 heterocycles. The number of piperazine rings is 1. The maximum Gasteiger partial charge on any atom is 0.270 e. The van der Waals surface area contributed by atoms with E-state index in [1.54, 1.807) is 23.2 Å². The highest BCUT2D eigenvalue weighted by Crippen LogP contribution is 2.17. The molecule has 0 saturated carbocycles. The van der Waals surface area contributed by atoms with E-state index in [4.69, 9.17) is 4.74 Å². The van der Waals surface area contributed by atoms with Gasteiger partial charge in [-0.15, -0.1) is 0 Å². The summed E-state index contributed by atoms with van der Waals surface area (Å²) >= 11 is 0. The number of H-pyrrole nitrogens is 1. The number of benzene rings is 1. The fourth-order valence-corrected chi connectivity index (χ4v) is 3.20. The number of ether oxygens (including phenoxy) is 1. The molecule has 0 radical (unpaired) electrons. The minimum Gasteiger partial charge on any atom is -0.494 e. The summed E-state index contributed by atoms with van der Waals surface area (Å²) in [6.07, 6.45) is 1.56. The van der Waals surface area contributed by atoms with Gasteiger partial charge in [0.2, 0.25) is 0 Å². The molecule has 1 saturated heterocycles. The smallest absolute Gasteiger partial charge is 0.270 e. The molecule has 26 heavy (non-hydrogen) atoms. The quantitative estimate of drug-likeness (QED) is 0.779. The molecule has 2 N–H and O–H groups in total. The molecule has 0 atom stereocenters. The number of amides is 1. The second-order valence-corrected chi connectivity index (χ2v) is 6.55. The Hall–Kier alpha value is -2.67. The summed E-state index contributed by atoms with van der Waals surface area (Å²) in [5.41, 5.74) is 1.86. The molecule has 138 valence electrons. The van der Waals surface area contributed by atoms with Crippen LogP contribution in [0.4, 0.5) is 4.39 Å². The predicted octanol–water partition coefficient (Wildman–Crippen LogP) is 0.906. The third-order valence-electron chi connectivity index (χ3n) is 4.75. The van der Waals surface area contributed by atoms with Crippen molar-refractivity contribution in [2.45, 2.75) is 13.5 Å². The third kappa shape index (κ3) is 3.94. The lowest BCUT2D eigenvalue weighted by atomic mass is 10.1. The average molecular weight is 360 g/mol. The first-order chi connectivity index (χ1) is 12.5. The molecule has 1 aromatic carbocycles. The van der Waals surface area contributed by atoms with Crippen LogP contribution in [0.15, 0.2) is 30.5 Å². The standard InChI is InChI=1S/C19H22FN3O3/c1-13(24)15-10-17(21-11-15)19(25)23-7-5-22(6-8-23)12-14-3-4-18(26-2)16(20)9-14/h3-4,9-11,21H,5-8,12H2,1-2H3/p+1. The zero-order valence-corrected chi connectivity index (χ0v) is 15.0. The van der Waals surface area contributed by atoms with Crippen molar-refractivity contribution in [1.82, 2.24) is 9.88 Å². The first-order valence-corrected chi connectivity index (χ1v) is 8.62. The van der Waals surface area contributed by atoms with E-state index >= 15 is 0 Å². The summed E-state index contributed by atoms with van der Waals surface area (Å²) in [5, 5.41) is 0. The number of halogens is 1. The van der Waals surface area contributed by atoms with Gasteiger partial charge in [0, 0.05) is 17.3 Å². The number of hydrogen-bond donors (Lipinski definition) is 2. The Morgan fingerprint density at radius 3 is 2.58 bits per heavy atom. The first-order valence-electron chi connectivity index (χ1n) is 8.62. The minimum atomic E-state index is -0.355. The lowest BCUT2D eigenvalue weighted by molar-refractivity contribution is -0.917. The summed E-state index contributed by atoms with van der Waals surface area (Å²) in [5.74, 6) is -0.269. The monoisotopic (exact) mass is 360 g/mol. The summed E-state index contributed by atoms with van der Waals surface area (Å²) in [4.78, 5) is 29.8. The molecule has 1 aliphatic heterocycles. The Labute approximate surface area is 151 Å². The Morgan fingerprint density at radius 2 is 2.00 bits per heavy atom. The van der Waals surface area contributed by atoms with Crippen molar-refractivity contribution in [3.63, 3.8) is 0 Å². The normalized spacial score (nSPS) is 15.1. The van der Waals surface area contributed by atoms with Gasteiger partial charge in [0.05, 0.1) is 33.3 Å². The van der Waals surface area contributed by atoms with Crippen LogP contribution in [-0.2, 0) is 6.54 Å².